The molecule has 7 nitrogen and oxygen atoms in total. The highest BCUT2D eigenvalue weighted by Gasteiger charge is 2.26. The van der Waals surface area contributed by atoms with E-state index >= 15 is 0 Å². The molecule has 1 unspecified atom stereocenters. The number of fused-ring (bicyclic) bond motifs is 1. The first kappa shape index (κ1) is 18.6. The average molecular weight is 387 g/mol. The fourth-order valence-electron chi connectivity index (χ4n) is 3.41. The monoisotopic (exact) mass is 387 g/mol. The van der Waals surface area contributed by atoms with E-state index in [1.807, 2.05) is 54.6 Å². The Kier molecular flexibility index (Phi) is 4.72. The normalized spacial score (nSPS) is 12.1. The summed E-state index contributed by atoms with van der Waals surface area (Å²) >= 11 is 0. The van der Waals surface area contributed by atoms with Crippen LogP contribution >= 0.6 is 0 Å². The number of rotatable bonds is 5. The van der Waals surface area contributed by atoms with E-state index in [2.05, 4.69) is 20.4 Å². The molecule has 1 atom stereocenters. The Morgan fingerprint density at radius 1 is 1.03 bits per heavy atom. The van der Waals surface area contributed by atoms with Crippen molar-refractivity contribution >= 4 is 22.7 Å². The summed E-state index contributed by atoms with van der Waals surface area (Å²) in [5, 5.41) is 7.19. The van der Waals surface area contributed by atoms with Crippen LogP contribution in [0.1, 0.15) is 40.5 Å². The van der Waals surface area contributed by atoms with Crippen LogP contribution in [-0.2, 0) is 4.79 Å². The number of carbonyl (C=O) groups excluding carboxylic acids is 2. The summed E-state index contributed by atoms with van der Waals surface area (Å²) in [5.74, 6) is -0.692. The highest BCUT2D eigenvalue weighted by atomic mass is 16.2. The Balaban J connectivity index is 1.56. The third-order valence-corrected chi connectivity index (χ3v) is 4.89. The van der Waals surface area contributed by atoms with Gasteiger partial charge in [-0.25, -0.2) is 9.67 Å². The topological polar surface area (TPSA) is 92.7 Å². The Hall–Kier alpha value is -3.74. The molecule has 4 aromatic rings. The standard InChI is InChI=1S/C22H21N5O2/c1-13-19(15(3)27(26-13)16-9-5-4-6-10-16)20(28)22(29)23-14(2)21-24-17-11-7-8-12-18(17)25-21/h4-12,14H,1-3H3,(H,23,29)(H,24,25). The molecule has 2 aromatic heterocycles. The summed E-state index contributed by atoms with van der Waals surface area (Å²) in [6.07, 6.45) is 0. The number of H-pyrrole nitrogens is 1. The van der Waals surface area contributed by atoms with Gasteiger partial charge in [0.2, 0.25) is 0 Å². The Labute approximate surface area is 167 Å². The zero-order valence-electron chi connectivity index (χ0n) is 16.4. The fourth-order valence-corrected chi connectivity index (χ4v) is 3.41. The smallest absolute Gasteiger partial charge is 0.293 e. The van der Waals surface area contributed by atoms with Gasteiger partial charge in [-0.15, -0.1) is 0 Å². The van der Waals surface area contributed by atoms with Gasteiger partial charge in [-0.1, -0.05) is 30.3 Å². The van der Waals surface area contributed by atoms with Gasteiger partial charge < -0.3 is 10.3 Å². The number of benzene rings is 2. The zero-order chi connectivity index (χ0) is 20.5. The molecule has 0 aliphatic rings. The van der Waals surface area contributed by atoms with E-state index in [0.717, 1.165) is 16.7 Å². The van der Waals surface area contributed by atoms with E-state index in [9.17, 15) is 9.59 Å². The lowest BCUT2D eigenvalue weighted by Crippen LogP contribution is -2.34. The number of hydrogen-bond acceptors (Lipinski definition) is 4. The lowest BCUT2D eigenvalue weighted by atomic mass is 10.1. The molecule has 0 fully saturated rings. The van der Waals surface area contributed by atoms with Gasteiger partial charge in [0.1, 0.15) is 5.82 Å². The molecule has 4 rings (SSSR count). The molecule has 0 bridgehead atoms. The van der Waals surface area contributed by atoms with Gasteiger partial charge >= 0.3 is 0 Å². The highest BCUT2D eigenvalue weighted by molar-refractivity contribution is 6.43. The van der Waals surface area contributed by atoms with E-state index in [4.69, 9.17) is 0 Å². The second kappa shape index (κ2) is 7.35. The third kappa shape index (κ3) is 3.42. The molecule has 2 aromatic carbocycles. The van der Waals surface area contributed by atoms with Crippen molar-refractivity contribution in [3.8, 4) is 5.69 Å². The number of nitrogens with one attached hydrogen (secondary N) is 2. The van der Waals surface area contributed by atoms with E-state index < -0.39 is 17.7 Å². The SMILES string of the molecule is Cc1nn(-c2ccccc2)c(C)c1C(=O)C(=O)NC(C)c1nc2ccccc2[nH]1. The fraction of sp³-hybridized carbons (Fsp3) is 0.182. The predicted molar refractivity (Wildman–Crippen MR) is 110 cm³/mol. The molecule has 146 valence electrons. The number of nitrogens with zero attached hydrogens (tertiary/aromatic N) is 3. The molecule has 0 aliphatic carbocycles. The number of imidazole rings is 1. The molecule has 0 saturated heterocycles. The molecule has 2 N–H and O–H groups in total. The van der Waals surface area contributed by atoms with E-state index in [1.165, 1.54) is 0 Å². The molecule has 0 spiro atoms. The summed E-state index contributed by atoms with van der Waals surface area (Å²) in [7, 11) is 0. The number of para-hydroxylation sites is 3. The summed E-state index contributed by atoms with van der Waals surface area (Å²) in [6.45, 7) is 5.31. The van der Waals surface area contributed by atoms with Gasteiger partial charge in [-0.05, 0) is 45.0 Å². The van der Waals surface area contributed by atoms with Gasteiger partial charge in [0, 0.05) is 0 Å². The molecule has 29 heavy (non-hydrogen) atoms. The third-order valence-electron chi connectivity index (χ3n) is 4.89. The van der Waals surface area contributed by atoms with Gasteiger partial charge in [-0.3, -0.25) is 9.59 Å². The number of amides is 1. The molecule has 1 amide bonds. The van der Waals surface area contributed by atoms with Gasteiger partial charge in [0.25, 0.3) is 11.7 Å². The van der Waals surface area contributed by atoms with Crippen LogP contribution in [0.15, 0.2) is 54.6 Å². The van der Waals surface area contributed by atoms with Crippen molar-refractivity contribution in [2.24, 2.45) is 0 Å². The van der Waals surface area contributed by atoms with E-state index in [1.54, 1.807) is 25.5 Å². The maximum atomic E-state index is 12.9. The lowest BCUT2D eigenvalue weighted by molar-refractivity contribution is -0.117. The van der Waals surface area contributed by atoms with Crippen molar-refractivity contribution in [3.63, 3.8) is 0 Å². The summed E-state index contributed by atoms with van der Waals surface area (Å²) < 4.78 is 1.68. The number of hydrogen-bond donors (Lipinski definition) is 2. The molecule has 7 heteroatoms. The zero-order valence-corrected chi connectivity index (χ0v) is 16.4. The summed E-state index contributed by atoms with van der Waals surface area (Å²) in [6, 6.07) is 16.7. The van der Waals surface area contributed by atoms with Crippen LogP contribution in [0, 0.1) is 13.8 Å². The number of ketones is 1. The van der Waals surface area contributed by atoms with Crippen LogP contribution in [0.5, 0.6) is 0 Å². The van der Waals surface area contributed by atoms with Crippen molar-refractivity contribution in [2.45, 2.75) is 26.8 Å². The Morgan fingerprint density at radius 3 is 2.45 bits per heavy atom. The van der Waals surface area contributed by atoms with Crippen LogP contribution in [0.25, 0.3) is 16.7 Å². The van der Waals surface area contributed by atoms with Gasteiger partial charge in [0.05, 0.1) is 39.7 Å². The molecule has 0 aliphatic heterocycles. The number of aromatic amines is 1. The first-order valence-corrected chi connectivity index (χ1v) is 9.37. The van der Waals surface area contributed by atoms with Crippen LogP contribution in [0.2, 0.25) is 0 Å². The number of carbonyl (C=O) groups is 2. The largest absolute Gasteiger partial charge is 0.340 e. The van der Waals surface area contributed by atoms with Crippen molar-refractivity contribution in [2.75, 3.05) is 0 Å². The van der Waals surface area contributed by atoms with Crippen LogP contribution in [0.3, 0.4) is 0 Å². The van der Waals surface area contributed by atoms with Gasteiger partial charge in [-0.2, -0.15) is 5.10 Å². The first-order chi connectivity index (χ1) is 14.0. The van der Waals surface area contributed by atoms with Crippen LogP contribution in [-0.4, -0.2) is 31.4 Å². The average Bonchev–Trinajstić information content (AvgIpc) is 3.29. The maximum Gasteiger partial charge on any atom is 0.293 e. The second-order valence-corrected chi connectivity index (χ2v) is 6.96. The molecule has 2 heterocycles. The van der Waals surface area contributed by atoms with Crippen LogP contribution < -0.4 is 5.32 Å². The molecular weight excluding hydrogens is 366 g/mol. The molecule has 0 radical (unpaired) electrons. The van der Waals surface area contributed by atoms with Gasteiger partial charge in [0.15, 0.2) is 0 Å². The lowest BCUT2D eigenvalue weighted by Gasteiger charge is -2.11. The number of aromatic nitrogens is 4. The minimum absolute atomic E-state index is 0.322. The minimum Gasteiger partial charge on any atom is -0.340 e. The van der Waals surface area contributed by atoms with Crippen LogP contribution in [0.4, 0.5) is 0 Å². The summed E-state index contributed by atoms with van der Waals surface area (Å²) in [4.78, 5) is 33.2. The maximum absolute atomic E-state index is 12.9. The van der Waals surface area contributed by atoms with Crippen molar-refractivity contribution < 1.29 is 9.59 Å². The second-order valence-electron chi connectivity index (χ2n) is 6.96. The Bertz CT molecular complexity index is 1170. The number of aryl methyl sites for hydroxylation is 1. The van der Waals surface area contributed by atoms with Crippen molar-refractivity contribution in [1.82, 2.24) is 25.1 Å². The van der Waals surface area contributed by atoms with Crippen molar-refractivity contribution in [1.29, 1.82) is 0 Å². The Morgan fingerprint density at radius 2 is 1.72 bits per heavy atom. The highest BCUT2D eigenvalue weighted by Crippen LogP contribution is 2.20. The molecule has 0 saturated carbocycles. The van der Waals surface area contributed by atoms with E-state index in [0.29, 0.717) is 22.8 Å². The predicted octanol–water partition coefficient (Wildman–Crippen LogP) is 3.43. The van der Waals surface area contributed by atoms with Crippen molar-refractivity contribution in [3.05, 3.63) is 77.4 Å². The quantitative estimate of drug-likeness (QED) is 0.405. The van der Waals surface area contributed by atoms with E-state index in [-0.39, 0.29) is 0 Å². The minimum atomic E-state index is -0.684. The first-order valence-electron chi connectivity index (χ1n) is 9.37. The summed E-state index contributed by atoms with van der Waals surface area (Å²) in [5.41, 5.74) is 4.00. The number of Topliss-reactive ketones (excluding diaryl/α,β-unsaturated/α-hetero) is 1. The molecular formula is C22H21N5O2.